The summed E-state index contributed by atoms with van der Waals surface area (Å²) in [6.07, 6.45) is 2.96. The van der Waals surface area contributed by atoms with E-state index in [1.54, 1.807) is 11.8 Å². The fourth-order valence-electron chi connectivity index (χ4n) is 4.63. The average molecular weight is 427 g/mol. The molecule has 0 spiro atoms. The van der Waals surface area contributed by atoms with E-state index in [1.165, 1.54) is 0 Å². The van der Waals surface area contributed by atoms with Gasteiger partial charge in [-0.25, -0.2) is 0 Å². The number of hydrogen-bond acceptors (Lipinski definition) is 6. The Morgan fingerprint density at radius 3 is 2.90 bits per heavy atom. The largest absolute Gasteiger partial charge is 0.466 e. The van der Waals surface area contributed by atoms with Crippen molar-refractivity contribution in [3.8, 4) is 11.3 Å². The number of esters is 1. The predicted octanol–water partition coefficient (Wildman–Crippen LogP) is 3.54. The molecule has 166 valence electrons. The number of likely N-dealkylation sites (tertiary alicyclic amines) is 1. The first-order valence-electron chi connectivity index (χ1n) is 11.1. The summed E-state index contributed by atoms with van der Waals surface area (Å²) < 4.78 is 16.7. The van der Waals surface area contributed by atoms with E-state index in [1.807, 2.05) is 37.3 Å². The molecular formula is C24H30N2O5. The first kappa shape index (κ1) is 21.6. The number of aryl methyl sites for hydroxylation is 1. The third kappa shape index (κ3) is 4.66. The van der Waals surface area contributed by atoms with Gasteiger partial charge in [-0.2, -0.15) is 0 Å². The second kappa shape index (κ2) is 9.22. The maximum atomic E-state index is 13.1. The molecule has 7 heteroatoms. The number of carbonyl (C=O) groups excluding carboxylic acids is 2. The zero-order valence-corrected chi connectivity index (χ0v) is 18.3. The monoisotopic (exact) mass is 426 g/mol. The molecular weight excluding hydrogens is 396 g/mol. The van der Waals surface area contributed by atoms with Crippen LogP contribution in [0.25, 0.3) is 11.3 Å². The smallest absolute Gasteiger partial charge is 0.314 e. The molecule has 0 radical (unpaired) electrons. The van der Waals surface area contributed by atoms with Gasteiger partial charge in [0.05, 0.1) is 12.0 Å². The Balaban J connectivity index is 1.56. The Kier molecular flexibility index (Phi) is 6.41. The fourth-order valence-corrected chi connectivity index (χ4v) is 4.63. The number of piperidine rings is 1. The van der Waals surface area contributed by atoms with Crippen molar-refractivity contribution in [2.75, 3.05) is 26.3 Å². The molecule has 1 aromatic carbocycles. The van der Waals surface area contributed by atoms with Crippen LogP contribution >= 0.6 is 0 Å². The normalized spacial score (nSPS) is 23.7. The topological polar surface area (TPSA) is 81.9 Å². The Bertz CT molecular complexity index is 934. The molecule has 7 nitrogen and oxygen atoms in total. The highest BCUT2D eigenvalue weighted by atomic mass is 16.5. The van der Waals surface area contributed by atoms with Crippen molar-refractivity contribution in [3.63, 3.8) is 0 Å². The van der Waals surface area contributed by atoms with Crippen LogP contribution in [0, 0.1) is 12.3 Å². The van der Waals surface area contributed by atoms with Gasteiger partial charge in [-0.15, -0.1) is 0 Å². The van der Waals surface area contributed by atoms with Crippen LogP contribution in [0.2, 0.25) is 0 Å². The van der Waals surface area contributed by atoms with Gasteiger partial charge in [0.2, 0.25) is 0 Å². The number of aromatic nitrogens is 1. The summed E-state index contributed by atoms with van der Waals surface area (Å²) >= 11 is 0. The first-order chi connectivity index (χ1) is 15.0. The molecule has 2 saturated heterocycles. The summed E-state index contributed by atoms with van der Waals surface area (Å²) in [4.78, 5) is 27.8. The molecule has 2 fully saturated rings. The third-order valence-electron chi connectivity index (χ3n) is 6.19. The van der Waals surface area contributed by atoms with Crippen LogP contribution in [-0.4, -0.2) is 54.3 Å². The van der Waals surface area contributed by atoms with Crippen molar-refractivity contribution < 1.29 is 23.6 Å². The molecule has 0 bridgehead atoms. The number of benzene rings is 1. The summed E-state index contributed by atoms with van der Waals surface area (Å²) in [5.41, 5.74) is 2.01. The van der Waals surface area contributed by atoms with Gasteiger partial charge in [-0.05, 0) is 45.6 Å². The molecule has 2 atom stereocenters. The quantitative estimate of drug-likeness (QED) is 0.657. The lowest BCUT2D eigenvalue weighted by Crippen LogP contribution is -2.53. The van der Waals surface area contributed by atoms with Crippen LogP contribution < -0.4 is 0 Å². The van der Waals surface area contributed by atoms with E-state index in [9.17, 15) is 9.59 Å². The number of ether oxygens (including phenoxy) is 2. The van der Waals surface area contributed by atoms with Crippen LogP contribution in [-0.2, 0) is 25.5 Å². The Morgan fingerprint density at radius 1 is 1.29 bits per heavy atom. The minimum atomic E-state index is -0.841. The molecule has 2 unspecified atom stereocenters. The summed E-state index contributed by atoms with van der Waals surface area (Å²) in [5.74, 6) is 0.313. The van der Waals surface area contributed by atoms with Crippen molar-refractivity contribution >= 4 is 11.9 Å². The summed E-state index contributed by atoms with van der Waals surface area (Å²) in [6, 6.07) is 9.93. The highest BCUT2D eigenvalue weighted by Crippen LogP contribution is 2.37. The molecule has 1 amide bonds. The lowest BCUT2D eigenvalue weighted by molar-refractivity contribution is -0.162. The highest BCUT2D eigenvalue weighted by molar-refractivity contribution is 5.83. The van der Waals surface area contributed by atoms with Crippen LogP contribution in [0.15, 0.2) is 34.9 Å². The zero-order valence-electron chi connectivity index (χ0n) is 18.3. The Morgan fingerprint density at radius 2 is 2.16 bits per heavy atom. The van der Waals surface area contributed by atoms with Crippen LogP contribution in [0.3, 0.4) is 0 Å². The lowest BCUT2D eigenvalue weighted by Gasteiger charge is -2.41. The van der Waals surface area contributed by atoms with Crippen molar-refractivity contribution in [1.82, 2.24) is 10.1 Å². The van der Waals surface area contributed by atoms with Crippen LogP contribution in [0.1, 0.15) is 43.9 Å². The Hall–Kier alpha value is -2.67. The maximum Gasteiger partial charge on any atom is 0.314 e. The molecule has 0 N–H and O–H groups in total. The first-order valence-corrected chi connectivity index (χ1v) is 11.1. The molecule has 3 heterocycles. The highest BCUT2D eigenvalue weighted by Gasteiger charge is 2.46. The molecule has 2 aliphatic rings. The van der Waals surface area contributed by atoms with Gasteiger partial charge in [0.1, 0.15) is 17.6 Å². The Labute approximate surface area is 182 Å². The molecule has 0 aliphatic carbocycles. The SMILES string of the molecule is CCOC(=O)C1(Cc2cc(-c3cccc(C)c3)no2)CCCN(C(=O)C2CCCO2)C1. The van der Waals surface area contributed by atoms with Gasteiger partial charge < -0.3 is 18.9 Å². The van der Waals surface area contributed by atoms with Gasteiger partial charge in [0, 0.05) is 37.7 Å². The molecule has 2 aromatic rings. The minimum absolute atomic E-state index is 0.0242. The van der Waals surface area contributed by atoms with E-state index < -0.39 is 11.5 Å². The number of hydrogen-bond donors (Lipinski definition) is 0. The van der Waals surface area contributed by atoms with Crippen LogP contribution in [0.4, 0.5) is 0 Å². The third-order valence-corrected chi connectivity index (χ3v) is 6.19. The summed E-state index contributed by atoms with van der Waals surface area (Å²) in [5, 5.41) is 4.22. The van der Waals surface area contributed by atoms with E-state index in [2.05, 4.69) is 5.16 Å². The number of rotatable bonds is 6. The van der Waals surface area contributed by atoms with Gasteiger partial charge in [-0.3, -0.25) is 9.59 Å². The van der Waals surface area contributed by atoms with E-state index >= 15 is 0 Å². The lowest BCUT2D eigenvalue weighted by atomic mass is 9.76. The van der Waals surface area contributed by atoms with Crippen LogP contribution in [0.5, 0.6) is 0 Å². The molecule has 0 saturated carbocycles. The summed E-state index contributed by atoms with van der Waals surface area (Å²) in [6.45, 7) is 5.68. The molecule has 4 rings (SSSR count). The van der Waals surface area contributed by atoms with E-state index in [-0.39, 0.29) is 11.9 Å². The van der Waals surface area contributed by atoms with Crippen molar-refractivity contribution in [2.24, 2.45) is 5.41 Å². The average Bonchev–Trinajstić information content (AvgIpc) is 3.46. The summed E-state index contributed by atoms with van der Waals surface area (Å²) in [7, 11) is 0. The number of carbonyl (C=O) groups is 2. The molecule has 31 heavy (non-hydrogen) atoms. The molecule has 2 aliphatic heterocycles. The second-order valence-electron chi connectivity index (χ2n) is 8.59. The fraction of sp³-hybridized carbons (Fsp3) is 0.542. The van der Waals surface area contributed by atoms with E-state index in [0.717, 1.165) is 36.1 Å². The predicted molar refractivity (Wildman–Crippen MR) is 114 cm³/mol. The van der Waals surface area contributed by atoms with Crippen molar-refractivity contribution in [2.45, 2.75) is 52.1 Å². The number of nitrogens with zero attached hydrogens (tertiary/aromatic N) is 2. The van der Waals surface area contributed by atoms with Gasteiger partial charge >= 0.3 is 5.97 Å². The zero-order chi connectivity index (χ0) is 21.8. The molecule has 1 aromatic heterocycles. The van der Waals surface area contributed by atoms with E-state index in [0.29, 0.717) is 44.9 Å². The standard InChI is InChI=1S/C24H30N2O5/c1-3-29-23(28)24(10-6-11-26(16-24)22(27)21-9-5-12-30-21)15-19-14-20(25-31-19)18-8-4-7-17(2)13-18/h4,7-8,13-14,21H,3,5-6,9-12,15-16H2,1-2H3. The van der Waals surface area contributed by atoms with Gasteiger partial charge in [-0.1, -0.05) is 28.9 Å². The van der Waals surface area contributed by atoms with E-state index in [4.69, 9.17) is 14.0 Å². The van der Waals surface area contributed by atoms with Gasteiger partial charge in [0.15, 0.2) is 0 Å². The number of amides is 1. The van der Waals surface area contributed by atoms with Crippen molar-refractivity contribution in [1.29, 1.82) is 0 Å². The van der Waals surface area contributed by atoms with Gasteiger partial charge in [0.25, 0.3) is 5.91 Å². The van der Waals surface area contributed by atoms with Crippen molar-refractivity contribution in [3.05, 3.63) is 41.7 Å². The second-order valence-corrected chi connectivity index (χ2v) is 8.59. The maximum absolute atomic E-state index is 13.1. The minimum Gasteiger partial charge on any atom is -0.466 e.